The van der Waals surface area contributed by atoms with E-state index in [4.69, 9.17) is 5.73 Å². The van der Waals surface area contributed by atoms with Gasteiger partial charge in [0, 0.05) is 53.0 Å². The Morgan fingerprint density at radius 1 is 1.14 bits per heavy atom. The van der Waals surface area contributed by atoms with Crippen molar-refractivity contribution in [2.45, 2.75) is 38.0 Å². The minimum absolute atomic E-state index is 0.248. The van der Waals surface area contributed by atoms with Crippen molar-refractivity contribution in [1.82, 2.24) is 25.1 Å². The van der Waals surface area contributed by atoms with Crippen LogP contribution in [0.1, 0.15) is 48.4 Å². The van der Waals surface area contributed by atoms with Gasteiger partial charge in [0.05, 0.1) is 0 Å². The molecule has 28 heavy (non-hydrogen) atoms. The van der Waals surface area contributed by atoms with Crippen molar-refractivity contribution in [3.05, 3.63) is 59.5 Å². The van der Waals surface area contributed by atoms with Crippen molar-refractivity contribution in [3.63, 3.8) is 0 Å². The number of nitrogens with one attached hydrogen (secondary N) is 3. The monoisotopic (exact) mass is 373 g/mol. The van der Waals surface area contributed by atoms with E-state index in [2.05, 4.69) is 60.8 Å². The van der Waals surface area contributed by atoms with Gasteiger partial charge in [-0.3, -0.25) is 5.10 Å². The molecule has 1 fully saturated rings. The van der Waals surface area contributed by atoms with Crippen LogP contribution in [0.15, 0.2) is 42.7 Å². The fourth-order valence-electron chi connectivity index (χ4n) is 4.14. The lowest BCUT2D eigenvalue weighted by Crippen LogP contribution is -2.05. The van der Waals surface area contributed by atoms with Gasteiger partial charge in [0.1, 0.15) is 5.82 Å². The molecule has 7 nitrogen and oxygen atoms in total. The largest absolute Gasteiger partial charge is 0.368 e. The summed E-state index contributed by atoms with van der Waals surface area (Å²) in [6, 6.07) is 10.4. The van der Waals surface area contributed by atoms with Crippen LogP contribution in [0.5, 0.6) is 0 Å². The molecule has 0 unspecified atom stereocenters. The van der Waals surface area contributed by atoms with Crippen molar-refractivity contribution in [2.24, 2.45) is 0 Å². The third-order valence-electron chi connectivity index (χ3n) is 5.59. The van der Waals surface area contributed by atoms with E-state index in [0.717, 1.165) is 16.9 Å². The Morgan fingerprint density at radius 2 is 2.04 bits per heavy atom. The number of hydrogen-bond acceptors (Lipinski definition) is 5. The molecule has 5 N–H and O–H groups in total. The molecule has 3 heterocycles. The molecule has 3 aromatic heterocycles. The van der Waals surface area contributed by atoms with E-state index in [1.54, 1.807) is 6.20 Å². The summed E-state index contributed by atoms with van der Waals surface area (Å²) in [6.45, 7) is 0. The number of H-pyrrole nitrogens is 2. The predicted molar refractivity (Wildman–Crippen MR) is 111 cm³/mol. The number of anilines is 3. The van der Waals surface area contributed by atoms with Gasteiger partial charge in [-0.05, 0) is 30.5 Å². The van der Waals surface area contributed by atoms with Crippen molar-refractivity contribution in [1.29, 1.82) is 0 Å². The van der Waals surface area contributed by atoms with Crippen molar-refractivity contribution in [3.8, 4) is 0 Å². The second-order valence-electron chi connectivity index (χ2n) is 7.45. The molecule has 0 aliphatic heterocycles. The molecule has 1 aliphatic carbocycles. The average Bonchev–Trinajstić information content (AvgIpc) is 3.45. The lowest BCUT2D eigenvalue weighted by Gasteiger charge is -2.10. The smallest absolute Gasteiger partial charge is 0.221 e. The number of nitrogen functional groups attached to an aromatic ring is 1. The number of rotatable bonds is 5. The van der Waals surface area contributed by atoms with Gasteiger partial charge in [0.15, 0.2) is 5.82 Å². The lowest BCUT2D eigenvalue weighted by atomic mass is 10.0. The molecule has 1 saturated carbocycles. The number of nitrogens with zero attached hydrogens (tertiary/aromatic N) is 3. The Bertz CT molecular complexity index is 1100. The van der Waals surface area contributed by atoms with E-state index >= 15 is 0 Å². The average molecular weight is 373 g/mol. The summed E-state index contributed by atoms with van der Waals surface area (Å²) in [6.07, 6.45) is 9.51. The zero-order chi connectivity index (χ0) is 18.9. The van der Waals surface area contributed by atoms with Crippen LogP contribution in [0.4, 0.5) is 17.6 Å². The molecule has 0 saturated heterocycles. The van der Waals surface area contributed by atoms with Crippen LogP contribution in [0, 0.1) is 0 Å². The van der Waals surface area contributed by atoms with E-state index in [-0.39, 0.29) is 5.95 Å². The first-order valence-electron chi connectivity index (χ1n) is 9.75. The normalized spacial score (nSPS) is 14.7. The highest BCUT2D eigenvalue weighted by Crippen LogP contribution is 2.34. The molecular formula is C21H23N7. The van der Waals surface area contributed by atoms with Gasteiger partial charge >= 0.3 is 0 Å². The van der Waals surface area contributed by atoms with E-state index in [9.17, 15) is 0 Å². The summed E-state index contributed by atoms with van der Waals surface area (Å²) >= 11 is 0. The van der Waals surface area contributed by atoms with E-state index < -0.39 is 0 Å². The second-order valence-corrected chi connectivity index (χ2v) is 7.45. The Morgan fingerprint density at radius 3 is 2.93 bits per heavy atom. The molecule has 0 spiro atoms. The van der Waals surface area contributed by atoms with Crippen LogP contribution in [-0.4, -0.2) is 25.1 Å². The fraction of sp³-hybridized carbons (Fsp3) is 0.286. The van der Waals surface area contributed by atoms with E-state index in [1.165, 1.54) is 42.3 Å². The van der Waals surface area contributed by atoms with Gasteiger partial charge in [-0.15, -0.1) is 0 Å². The number of aromatic nitrogens is 5. The molecule has 0 amide bonds. The van der Waals surface area contributed by atoms with Crippen molar-refractivity contribution >= 4 is 28.5 Å². The first kappa shape index (κ1) is 16.8. The molecule has 142 valence electrons. The number of fused-ring (bicyclic) bond motifs is 1. The summed E-state index contributed by atoms with van der Waals surface area (Å²) in [5, 5.41) is 12.2. The SMILES string of the molecule is Nc1ncc(Cc2cccc3[nH]ccc23)c(Nc2cc(C3CCCC3)[nH]n2)n1. The fourth-order valence-corrected chi connectivity index (χ4v) is 4.14. The number of aromatic amines is 2. The Balaban J connectivity index is 1.43. The Kier molecular flexibility index (Phi) is 4.20. The predicted octanol–water partition coefficient (Wildman–Crippen LogP) is 4.26. The van der Waals surface area contributed by atoms with E-state index in [0.29, 0.717) is 18.2 Å². The first-order valence-corrected chi connectivity index (χ1v) is 9.75. The quantitative estimate of drug-likeness (QED) is 0.418. The highest BCUT2D eigenvalue weighted by atomic mass is 15.2. The highest BCUT2D eigenvalue weighted by Gasteiger charge is 2.19. The maximum Gasteiger partial charge on any atom is 0.221 e. The number of nitrogens with two attached hydrogens (primary N) is 1. The Labute approximate surface area is 162 Å². The third-order valence-corrected chi connectivity index (χ3v) is 5.59. The molecule has 1 aliphatic rings. The van der Waals surface area contributed by atoms with Gasteiger partial charge in [-0.1, -0.05) is 25.0 Å². The minimum atomic E-state index is 0.248. The molecule has 1 aromatic carbocycles. The molecule has 0 atom stereocenters. The van der Waals surface area contributed by atoms with Crippen LogP contribution < -0.4 is 11.1 Å². The maximum absolute atomic E-state index is 5.86. The maximum atomic E-state index is 5.86. The van der Waals surface area contributed by atoms with Gasteiger partial charge < -0.3 is 16.0 Å². The summed E-state index contributed by atoms with van der Waals surface area (Å²) in [5.74, 6) is 2.30. The minimum Gasteiger partial charge on any atom is -0.368 e. The van der Waals surface area contributed by atoms with Gasteiger partial charge in [-0.25, -0.2) is 4.98 Å². The van der Waals surface area contributed by atoms with Crippen molar-refractivity contribution < 1.29 is 0 Å². The molecule has 7 heteroatoms. The summed E-state index contributed by atoms with van der Waals surface area (Å²) in [7, 11) is 0. The molecule has 4 aromatic rings. The lowest BCUT2D eigenvalue weighted by molar-refractivity contribution is 0.693. The molecule has 0 bridgehead atoms. The van der Waals surface area contributed by atoms with Gasteiger partial charge in [0.2, 0.25) is 5.95 Å². The Hall–Kier alpha value is -3.35. The van der Waals surface area contributed by atoms with Crippen LogP contribution in [-0.2, 0) is 6.42 Å². The van der Waals surface area contributed by atoms with Crippen LogP contribution in [0.25, 0.3) is 10.9 Å². The van der Waals surface area contributed by atoms with Crippen LogP contribution >= 0.6 is 0 Å². The number of benzene rings is 1. The highest BCUT2D eigenvalue weighted by molar-refractivity contribution is 5.83. The second kappa shape index (κ2) is 6.99. The van der Waals surface area contributed by atoms with E-state index in [1.807, 2.05) is 6.20 Å². The van der Waals surface area contributed by atoms with Crippen LogP contribution in [0.3, 0.4) is 0 Å². The first-order chi connectivity index (χ1) is 13.8. The third kappa shape index (κ3) is 3.19. The topological polar surface area (TPSA) is 108 Å². The summed E-state index contributed by atoms with van der Waals surface area (Å²) in [4.78, 5) is 11.9. The van der Waals surface area contributed by atoms with Crippen LogP contribution in [0.2, 0.25) is 0 Å². The molecule has 0 radical (unpaired) electrons. The van der Waals surface area contributed by atoms with Gasteiger partial charge in [-0.2, -0.15) is 10.1 Å². The van der Waals surface area contributed by atoms with Crippen molar-refractivity contribution in [2.75, 3.05) is 11.1 Å². The standard InChI is InChI=1S/C21H23N7/c22-21-24-12-15(10-14-6-3-7-17-16(14)8-9-23-17)20(26-21)25-19-11-18(27-28-19)13-4-1-2-5-13/h3,6-9,11-13,23H,1-2,4-5,10H2,(H4,22,24,25,26,27,28). The molecule has 5 rings (SSSR count). The molecular weight excluding hydrogens is 350 g/mol. The summed E-state index contributed by atoms with van der Waals surface area (Å²) in [5.41, 5.74) is 10.4. The zero-order valence-electron chi connectivity index (χ0n) is 15.6. The van der Waals surface area contributed by atoms with Gasteiger partial charge in [0.25, 0.3) is 0 Å². The summed E-state index contributed by atoms with van der Waals surface area (Å²) < 4.78 is 0. The zero-order valence-corrected chi connectivity index (χ0v) is 15.6. The number of hydrogen-bond donors (Lipinski definition) is 4.